The predicted octanol–water partition coefficient (Wildman–Crippen LogP) is 1.45. The molecule has 0 saturated carbocycles. The molecule has 1 aromatic rings. The Balaban J connectivity index is 2.42. The normalized spacial score (nSPS) is 12.5. The molecule has 4 heteroatoms. The Morgan fingerprint density at radius 3 is 2.79 bits per heavy atom. The SMILES string of the molecule is CNC(=O)CNC(C)c1ccc(C)s1. The third-order valence-corrected chi connectivity index (χ3v) is 3.22. The summed E-state index contributed by atoms with van der Waals surface area (Å²) in [5, 5.41) is 5.74. The number of rotatable bonds is 4. The lowest BCUT2D eigenvalue weighted by atomic mass is 10.2. The molecule has 0 saturated heterocycles. The monoisotopic (exact) mass is 212 g/mol. The van der Waals surface area contributed by atoms with Gasteiger partial charge in [0.1, 0.15) is 0 Å². The first-order valence-corrected chi connectivity index (χ1v) is 5.45. The van der Waals surface area contributed by atoms with Crippen molar-refractivity contribution in [3.63, 3.8) is 0 Å². The van der Waals surface area contributed by atoms with Crippen LogP contribution in [-0.4, -0.2) is 19.5 Å². The maximum atomic E-state index is 11.0. The van der Waals surface area contributed by atoms with Crippen molar-refractivity contribution >= 4 is 17.2 Å². The number of carbonyl (C=O) groups is 1. The van der Waals surface area contributed by atoms with Gasteiger partial charge in [-0.1, -0.05) is 0 Å². The van der Waals surface area contributed by atoms with Crippen molar-refractivity contribution in [2.75, 3.05) is 13.6 Å². The summed E-state index contributed by atoms with van der Waals surface area (Å²) in [6, 6.07) is 4.44. The highest BCUT2D eigenvalue weighted by atomic mass is 32.1. The highest BCUT2D eigenvalue weighted by Gasteiger charge is 2.08. The molecule has 0 radical (unpaired) electrons. The molecule has 1 heterocycles. The summed E-state index contributed by atoms with van der Waals surface area (Å²) in [6.45, 7) is 4.52. The Bertz CT molecular complexity index is 309. The highest BCUT2D eigenvalue weighted by Crippen LogP contribution is 2.21. The van der Waals surface area contributed by atoms with Crippen molar-refractivity contribution in [2.24, 2.45) is 0 Å². The number of carbonyl (C=O) groups excluding carboxylic acids is 1. The van der Waals surface area contributed by atoms with E-state index in [1.54, 1.807) is 18.4 Å². The molecule has 0 bridgehead atoms. The maximum Gasteiger partial charge on any atom is 0.233 e. The topological polar surface area (TPSA) is 41.1 Å². The number of nitrogens with one attached hydrogen (secondary N) is 2. The van der Waals surface area contributed by atoms with Crippen LogP contribution in [0.3, 0.4) is 0 Å². The third kappa shape index (κ3) is 3.12. The molecule has 2 N–H and O–H groups in total. The quantitative estimate of drug-likeness (QED) is 0.793. The first-order valence-electron chi connectivity index (χ1n) is 4.63. The number of thiophene rings is 1. The molecule has 0 aliphatic heterocycles. The van der Waals surface area contributed by atoms with Crippen molar-refractivity contribution in [2.45, 2.75) is 19.9 Å². The summed E-state index contributed by atoms with van der Waals surface area (Å²) in [5.41, 5.74) is 0. The van der Waals surface area contributed by atoms with Crippen LogP contribution in [0.4, 0.5) is 0 Å². The van der Waals surface area contributed by atoms with Gasteiger partial charge < -0.3 is 10.6 Å². The zero-order valence-corrected chi connectivity index (χ0v) is 9.57. The Morgan fingerprint density at radius 1 is 1.57 bits per heavy atom. The summed E-state index contributed by atoms with van der Waals surface area (Å²) in [4.78, 5) is 13.6. The molecule has 1 atom stereocenters. The second-order valence-corrected chi connectivity index (χ2v) is 4.54. The van der Waals surface area contributed by atoms with Gasteiger partial charge in [-0.15, -0.1) is 11.3 Å². The minimum absolute atomic E-state index is 0.0186. The van der Waals surface area contributed by atoms with Gasteiger partial charge in [0.25, 0.3) is 0 Å². The number of hydrogen-bond acceptors (Lipinski definition) is 3. The van der Waals surface area contributed by atoms with Crippen LogP contribution < -0.4 is 10.6 Å². The van der Waals surface area contributed by atoms with E-state index >= 15 is 0 Å². The van der Waals surface area contributed by atoms with E-state index in [1.165, 1.54) is 9.75 Å². The fourth-order valence-electron chi connectivity index (χ4n) is 1.12. The van der Waals surface area contributed by atoms with E-state index in [0.29, 0.717) is 6.54 Å². The molecule has 78 valence electrons. The second kappa shape index (κ2) is 5.12. The zero-order chi connectivity index (χ0) is 10.6. The van der Waals surface area contributed by atoms with Crippen LogP contribution in [0.25, 0.3) is 0 Å². The van der Waals surface area contributed by atoms with Gasteiger partial charge in [-0.25, -0.2) is 0 Å². The smallest absolute Gasteiger partial charge is 0.233 e. The molecule has 0 fully saturated rings. The van der Waals surface area contributed by atoms with E-state index in [2.05, 4.69) is 36.6 Å². The molecular weight excluding hydrogens is 196 g/mol. The summed E-state index contributed by atoms with van der Waals surface area (Å²) in [7, 11) is 1.64. The van der Waals surface area contributed by atoms with Crippen molar-refractivity contribution in [1.82, 2.24) is 10.6 Å². The summed E-state index contributed by atoms with van der Waals surface area (Å²) >= 11 is 1.76. The fourth-order valence-corrected chi connectivity index (χ4v) is 2.02. The first-order chi connectivity index (χ1) is 6.63. The Hall–Kier alpha value is -0.870. The molecular formula is C10H16N2OS. The van der Waals surface area contributed by atoms with E-state index in [9.17, 15) is 4.79 Å². The van der Waals surface area contributed by atoms with Gasteiger partial charge in [0.15, 0.2) is 0 Å². The Labute approximate surface area is 88.5 Å². The zero-order valence-electron chi connectivity index (χ0n) is 8.76. The molecule has 1 aromatic heterocycles. The number of amides is 1. The average Bonchev–Trinajstić information content (AvgIpc) is 2.60. The van der Waals surface area contributed by atoms with Crippen LogP contribution in [-0.2, 0) is 4.79 Å². The average molecular weight is 212 g/mol. The van der Waals surface area contributed by atoms with Gasteiger partial charge >= 0.3 is 0 Å². The molecule has 0 spiro atoms. The van der Waals surface area contributed by atoms with Gasteiger partial charge in [0.2, 0.25) is 5.91 Å². The lowest BCUT2D eigenvalue weighted by Crippen LogP contribution is -2.32. The molecule has 0 aliphatic rings. The Kier molecular flexibility index (Phi) is 4.10. The largest absolute Gasteiger partial charge is 0.358 e. The van der Waals surface area contributed by atoms with Gasteiger partial charge in [0, 0.05) is 22.8 Å². The molecule has 1 amide bonds. The van der Waals surface area contributed by atoms with E-state index < -0.39 is 0 Å². The van der Waals surface area contributed by atoms with E-state index in [0.717, 1.165) is 0 Å². The lowest BCUT2D eigenvalue weighted by molar-refractivity contribution is -0.119. The maximum absolute atomic E-state index is 11.0. The van der Waals surface area contributed by atoms with E-state index in [-0.39, 0.29) is 11.9 Å². The fraction of sp³-hybridized carbons (Fsp3) is 0.500. The number of likely N-dealkylation sites (N-methyl/N-ethyl adjacent to an activating group) is 1. The minimum atomic E-state index is 0.0186. The molecule has 0 aliphatic carbocycles. The molecule has 0 aromatic carbocycles. The van der Waals surface area contributed by atoms with Gasteiger partial charge in [0.05, 0.1) is 6.54 Å². The lowest BCUT2D eigenvalue weighted by Gasteiger charge is -2.10. The van der Waals surface area contributed by atoms with Gasteiger partial charge in [-0.3, -0.25) is 4.79 Å². The molecule has 1 rings (SSSR count). The van der Waals surface area contributed by atoms with Crippen LogP contribution >= 0.6 is 11.3 Å². The van der Waals surface area contributed by atoms with Gasteiger partial charge in [-0.2, -0.15) is 0 Å². The standard InChI is InChI=1S/C10H16N2OS/c1-7-4-5-9(14-7)8(2)12-6-10(13)11-3/h4-5,8,12H,6H2,1-3H3,(H,11,13). The van der Waals surface area contributed by atoms with Crippen molar-refractivity contribution in [3.05, 3.63) is 21.9 Å². The first kappa shape index (κ1) is 11.2. The van der Waals surface area contributed by atoms with E-state index in [4.69, 9.17) is 0 Å². The van der Waals surface area contributed by atoms with Crippen molar-refractivity contribution < 1.29 is 4.79 Å². The van der Waals surface area contributed by atoms with Crippen LogP contribution in [0.2, 0.25) is 0 Å². The van der Waals surface area contributed by atoms with Crippen molar-refractivity contribution in [1.29, 1.82) is 0 Å². The molecule has 1 unspecified atom stereocenters. The summed E-state index contributed by atoms with van der Waals surface area (Å²) in [6.07, 6.45) is 0. The molecule has 3 nitrogen and oxygen atoms in total. The summed E-state index contributed by atoms with van der Waals surface area (Å²) in [5.74, 6) is 0.0186. The Morgan fingerprint density at radius 2 is 2.29 bits per heavy atom. The predicted molar refractivity (Wildman–Crippen MR) is 59.5 cm³/mol. The highest BCUT2D eigenvalue weighted by molar-refractivity contribution is 7.12. The number of aryl methyl sites for hydroxylation is 1. The molecule has 14 heavy (non-hydrogen) atoms. The van der Waals surface area contributed by atoms with Crippen LogP contribution in [0.15, 0.2) is 12.1 Å². The van der Waals surface area contributed by atoms with Crippen LogP contribution in [0, 0.1) is 6.92 Å². The van der Waals surface area contributed by atoms with Crippen LogP contribution in [0.5, 0.6) is 0 Å². The number of hydrogen-bond donors (Lipinski definition) is 2. The van der Waals surface area contributed by atoms with Crippen molar-refractivity contribution in [3.8, 4) is 0 Å². The van der Waals surface area contributed by atoms with E-state index in [1.807, 2.05) is 0 Å². The summed E-state index contributed by atoms with van der Waals surface area (Å²) < 4.78 is 0. The second-order valence-electron chi connectivity index (χ2n) is 3.22. The minimum Gasteiger partial charge on any atom is -0.358 e. The third-order valence-electron chi connectivity index (χ3n) is 2.04. The van der Waals surface area contributed by atoms with Crippen LogP contribution in [0.1, 0.15) is 22.7 Å². The van der Waals surface area contributed by atoms with Gasteiger partial charge in [-0.05, 0) is 26.0 Å².